The number of likely N-dealkylation sites (tertiary alicyclic amines) is 1. The monoisotopic (exact) mass is 237 g/mol. The molecule has 1 aliphatic rings. The highest BCUT2D eigenvalue weighted by Crippen LogP contribution is 2.16. The maximum atomic E-state index is 12.0. The molecule has 1 atom stereocenters. The van der Waals surface area contributed by atoms with Crippen molar-refractivity contribution in [2.45, 2.75) is 39.8 Å². The van der Waals surface area contributed by atoms with Crippen LogP contribution in [0.15, 0.2) is 4.42 Å². The van der Waals surface area contributed by atoms with Crippen molar-refractivity contribution in [3.63, 3.8) is 0 Å². The van der Waals surface area contributed by atoms with Gasteiger partial charge in [-0.1, -0.05) is 6.92 Å². The maximum Gasteiger partial charge on any atom is 0.240 e. The molecule has 17 heavy (non-hydrogen) atoms. The van der Waals surface area contributed by atoms with Gasteiger partial charge in [-0.2, -0.15) is 0 Å². The molecule has 0 aliphatic carbocycles. The fourth-order valence-corrected chi connectivity index (χ4v) is 2.10. The third kappa shape index (κ3) is 2.49. The molecule has 2 heterocycles. The molecule has 1 aliphatic heterocycles. The summed E-state index contributed by atoms with van der Waals surface area (Å²) in [5.74, 6) is 1.61. The van der Waals surface area contributed by atoms with E-state index in [9.17, 15) is 4.79 Å². The van der Waals surface area contributed by atoms with Gasteiger partial charge in [0.25, 0.3) is 0 Å². The number of hydrogen-bond donors (Lipinski definition) is 1. The lowest BCUT2D eigenvalue weighted by molar-refractivity contribution is -0.130. The Kier molecular flexibility index (Phi) is 3.47. The zero-order valence-corrected chi connectivity index (χ0v) is 10.6. The first-order valence-electron chi connectivity index (χ1n) is 6.07. The van der Waals surface area contributed by atoms with Crippen LogP contribution in [0, 0.1) is 13.8 Å². The Balaban J connectivity index is 1.98. The molecule has 1 amide bonds. The van der Waals surface area contributed by atoms with Crippen LogP contribution in [0.2, 0.25) is 0 Å². The second-order valence-electron chi connectivity index (χ2n) is 4.41. The topological polar surface area (TPSA) is 58.4 Å². The van der Waals surface area contributed by atoms with Gasteiger partial charge >= 0.3 is 0 Å². The lowest BCUT2D eigenvalue weighted by Gasteiger charge is -2.14. The minimum absolute atomic E-state index is 0.0304. The summed E-state index contributed by atoms with van der Waals surface area (Å²) in [6, 6.07) is -0.0304. The van der Waals surface area contributed by atoms with Crippen molar-refractivity contribution in [1.82, 2.24) is 15.2 Å². The average molecular weight is 237 g/mol. The highest BCUT2D eigenvalue weighted by molar-refractivity contribution is 5.83. The van der Waals surface area contributed by atoms with Crippen molar-refractivity contribution < 1.29 is 9.21 Å². The van der Waals surface area contributed by atoms with E-state index < -0.39 is 0 Å². The number of rotatable bonds is 4. The predicted octanol–water partition coefficient (Wildman–Crippen LogP) is 1.00. The average Bonchev–Trinajstić information content (AvgIpc) is 2.77. The van der Waals surface area contributed by atoms with Crippen LogP contribution in [-0.4, -0.2) is 34.9 Å². The lowest BCUT2D eigenvalue weighted by atomic mass is 10.2. The fraction of sp³-hybridized carbons (Fsp3) is 0.667. The number of aromatic nitrogens is 1. The van der Waals surface area contributed by atoms with Crippen LogP contribution in [-0.2, 0) is 11.3 Å². The Hall–Kier alpha value is -1.36. The number of nitrogens with zero attached hydrogens (tertiary/aromatic N) is 2. The zero-order valence-electron chi connectivity index (χ0n) is 10.6. The minimum Gasteiger partial charge on any atom is -0.444 e. The van der Waals surface area contributed by atoms with E-state index >= 15 is 0 Å². The lowest BCUT2D eigenvalue weighted by Crippen LogP contribution is -2.37. The Morgan fingerprint density at radius 1 is 1.53 bits per heavy atom. The highest BCUT2D eigenvalue weighted by Gasteiger charge is 2.31. The largest absolute Gasteiger partial charge is 0.444 e. The SMILES string of the molecule is CCNC1CCN(Cc2nc(C)c(C)o2)C1=O. The molecule has 0 spiro atoms. The molecule has 1 unspecified atom stereocenters. The van der Waals surface area contributed by atoms with Crippen molar-refractivity contribution in [1.29, 1.82) is 0 Å². The van der Waals surface area contributed by atoms with Crippen molar-refractivity contribution >= 4 is 5.91 Å². The van der Waals surface area contributed by atoms with Gasteiger partial charge in [0.15, 0.2) is 0 Å². The summed E-state index contributed by atoms with van der Waals surface area (Å²) in [6.45, 7) is 7.89. The number of aryl methyl sites for hydroxylation is 2. The summed E-state index contributed by atoms with van der Waals surface area (Å²) in [5.41, 5.74) is 0.898. The second-order valence-corrected chi connectivity index (χ2v) is 4.41. The Morgan fingerprint density at radius 2 is 2.29 bits per heavy atom. The van der Waals surface area contributed by atoms with Crippen LogP contribution in [0.4, 0.5) is 0 Å². The van der Waals surface area contributed by atoms with Gasteiger partial charge in [-0.05, 0) is 26.8 Å². The quantitative estimate of drug-likeness (QED) is 0.848. The molecule has 0 bridgehead atoms. The summed E-state index contributed by atoms with van der Waals surface area (Å²) in [6.07, 6.45) is 0.866. The van der Waals surface area contributed by atoms with Crippen LogP contribution >= 0.6 is 0 Å². The van der Waals surface area contributed by atoms with E-state index in [4.69, 9.17) is 4.42 Å². The van der Waals surface area contributed by atoms with Crippen LogP contribution < -0.4 is 5.32 Å². The van der Waals surface area contributed by atoms with Gasteiger partial charge in [-0.25, -0.2) is 4.98 Å². The number of amides is 1. The van der Waals surface area contributed by atoms with Crippen LogP contribution in [0.1, 0.15) is 30.7 Å². The summed E-state index contributed by atoms with van der Waals surface area (Å²) in [4.78, 5) is 18.1. The summed E-state index contributed by atoms with van der Waals surface area (Å²) in [7, 11) is 0. The fourth-order valence-electron chi connectivity index (χ4n) is 2.10. The van der Waals surface area contributed by atoms with Crippen molar-refractivity contribution in [3.05, 3.63) is 17.3 Å². The van der Waals surface area contributed by atoms with E-state index in [2.05, 4.69) is 10.3 Å². The second kappa shape index (κ2) is 4.87. The predicted molar refractivity (Wildman–Crippen MR) is 63.5 cm³/mol. The van der Waals surface area contributed by atoms with Gasteiger partial charge < -0.3 is 14.6 Å². The number of likely N-dealkylation sites (N-methyl/N-ethyl adjacent to an activating group) is 1. The smallest absolute Gasteiger partial charge is 0.240 e. The Bertz CT molecular complexity index is 394. The number of nitrogens with one attached hydrogen (secondary N) is 1. The van der Waals surface area contributed by atoms with Gasteiger partial charge in [-0.15, -0.1) is 0 Å². The number of oxazole rings is 1. The molecule has 0 saturated carbocycles. The van der Waals surface area contributed by atoms with E-state index in [1.54, 1.807) is 4.90 Å². The minimum atomic E-state index is -0.0304. The summed E-state index contributed by atoms with van der Waals surface area (Å²) >= 11 is 0. The molecule has 1 saturated heterocycles. The maximum absolute atomic E-state index is 12.0. The molecule has 2 rings (SSSR count). The normalized spacial score (nSPS) is 20.3. The van der Waals surface area contributed by atoms with Gasteiger partial charge in [0, 0.05) is 6.54 Å². The Labute approximate surface area is 101 Å². The van der Waals surface area contributed by atoms with E-state index in [1.807, 2.05) is 20.8 Å². The van der Waals surface area contributed by atoms with Crippen LogP contribution in [0.3, 0.4) is 0 Å². The van der Waals surface area contributed by atoms with E-state index in [-0.39, 0.29) is 11.9 Å². The molecule has 5 heteroatoms. The molecular formula is C12H19N3O2. The summed E-state index contributed by atoms with van der Waals surface area (Å²) in [5, 5.41) is 3.18. The third-order valence-electron chi connectivity index (χ3n) is 3.15. The van der Waals surface area contributed by atoms with Crippen molar-refractivity contribution in [3.8, 4) is 0 Å². The third-order valence-corrected chi connectivity index (χ3v) is 3.15. The standard InChI is InChI=1S/C12H19N3O2/c1-4-13-10-5-6-15(12(10)16)7-11-14-8(2)9(3)17-11/h10,13H,4-7H2,1-3H3. The first kappa shape index (κ1) is 12.1. The van der Waals surface area contributed by atoms with Crippen molar-refractivity contribution in [2.24, 2.45) is 0 Å². The van der Waals surface area contributed by atoms with E-state index in [1.165, 1.54) is 0 Å². The Morgan fingerprint density at radius 3 is 2.88 bits per heavy atom. The molecule has 94 valence electrons. The molecule has 1 N–H and O–H groups in total. The number of hydrogen-bond acceptors (Lipinski definition) is 4. The van der Waals surface area contributed by atoms with Crippen LogP contribution in [0.5, 0.6) is 0 Å². The van der Waals surface area contributed by atoms with Gasteiger partial charge in [0.05, 0.1) is 18.3 Å². The number of carbonyl (C=O) groups excluding carboxylic acids is 1. The van der Waals surface area contributed by atoms with Crippen LogP contribution in [0.25, 0.3) is 0 Å². The first-order valence-corrected chi connectivity index (χ1v) is 6.07. The van der Waals surface area contributed by atoms with Gasteiger partial charge in [0.1, 0.15) is 5.76 Å². The van der Waals surface area contributed by atoms with E-state index in [0.717, 1.165) is 31.0 Å². The summed E-state index contributed by atoms with van der Waals surface area (Å²) < 4.78 is 5.49. The number of carbonyl (C=O) groups is 1. The molecular weight excluding hydrogens is 218 g/mol. The first-order chi connectivity index (χ1) is 8.11. The molecule has 1 aromatic rings. The molecule has 0 radical (unpaired) electrons. The van der Waals surface area contributed by atoms with Gasteiger partial charge in [-0.3, -0.25) is 4.79 Å². The van der Waals surface area contributed by atoms with Gasteiger partial charge in [0.2, 0.25) is 11.8 Å². The van der Waals surface area contributed by atoms with Crippen molar-refractivity contribution in [2.75, 3.05) is 13.1 Å². The molecule has 1 aromatic heterocycles. The highest BCUT2D eigenvalue weighted by atomic mass is 16.4. The molecule has 1 fully saturated rings. The molecule has 0 aromatic carbocycles. The zero-order chi connectivity index (χ0) is 12.4. The molecule has 5 nitrogen and oxygen atoms in total. The van der Waals surface area contributed by atoms with E-state index in [0.29, 0.717) is 12.4 Å².